The quantitative estimate of drug-likeness (QED) is 0.643. The van der Waals surface area contributed by atoms with Gasteiger partial charge in [0.25, 0.3) is 0 Å². The number of carbonyl (C=O) groups excluding carboxylic acids is 2. The van der Waals surface area contributed by atoms with E-state index in [1.807, 2.05) is 0 Å². The summed E-state index contributed by atoms with van der Waals surface area (Å²) in [4.78, 5) is 25.2. The van der Waals surface area contributed by atoms with Crippen LogP contribution in [-0.4, -0.2) is 55.6 Å². The molecule has 0 aromatic carbocycles. The molecule has 2 aliphatic heterocycles. The van der Waals surface area contributed by atoms with Crippen molar-refractivity contribution in [2.75, 3.05) is 32.8 Å². The summed E-state index contributed by atoms with van der Waals surface area (Å²) in [5.41, 5.74) is 5.73. The Morgan fingerprint density at radius 3 is 2.59 bits per heavy atom. The predicted octanol–water partition coefficient (Wildman–Crippen LogP) is -1.30. The molecule has 2 atom stereocenters. The van der Waals surface area contributed by atoms with Gasteiger partial charge in [-0.3, -0.25) is 9.59 Å². The maximum atomic E-state index is 11.7. The highest BCUT2D eigenvalue weighted by Crippen LogP contribution is 2.11. The molecular weight excluding hydrogens is 222 g/mol. The number of nitrogens with zero attached hydrogens (tertiary/aromatic N) is 1. The van der Waals surface area contributed by atoms with E-state index in [0.29, 0.717) is 13.2 Å². The summed E-state index contributed by atoms with van der Waals surface area (Å²) in [7, 11) is 0. The lowest BCUT2D eigenvalue weighted by Crippen LogP contribution is -2.45. The zero-order chi connectivity index (χ0) is 12.3. The highest BCUT2D eigenvalue weighted by atomic mass is 16.5. The highest BCUT2D eigenvalue weighted by molar-refractivity contribution is 5.86. The van der Waals surface area contributed by atoms with Crippen molar-refractivity contribution in [2.45, 2.75) is 18.9 Å². The smallest absolute Gasteiger partial charge is 0.241 e. The number of rotatable bonds is 3. The van der Waals surface area contributed by atoms with Crippen LogP contribution in [0.5, 0.6) is 0 Å². The maximum Gasteiger partial charge on any atom is 0.241 e. The van der Waals surface area contributed by atoms with Gasteiger partial charge in [-0.2, -0.15) is 0 Å². The van der Waals surface area contributed by atoms with E-state index < -0.39 is 0 Å². The monoisotopic (exact) mass is 241 g/mol. The molecule has 0 bridgehead atoms. The fourth-order valence-electron chi connectivity index (χ4n) is 2.21. The van der Waals surface area contributed by atoms with E-state index in [2.05, 4.69) is 5.32 Å². The molecule has 2 saturated heterocycles. The molecule has 0 saturated carbocycles. The Balaban J connectivity index is 1.73. The van der Waals surface area contributed by atoms with Gasteiger partial charge in [-0.1, -0.05) is 0 Å². The second-order valence-corrected chi connectivity index (χ2v) is 4.61. The fourth-order valence-corrected chi connectivity index (χ4v) is 2.21. The molecule has 2 unspecified atom stereocenters. The molecule has 2 heterocycles. The third-order valence-corrected chi connectivity index (χ3v) is 3.33. The number of likely N-dealkylation sites (tertiary alicyclic amines) is 1. The molecule has 2 amide bonds. The summed E-state index contributed by atoms with van der Waals surface area (Å²) in [6, 6.07) is -0.253. The van der Waals surface area contributed by atoms with E-state index >= 15 is 0 Å². The minimum atomic E-state index is -0.318. The molecular formula is C11H19N3O3. The third kappa shape index (κ3) is 2.95. The number of ether oxygens (including phenoxy) is 1. The summed E-state index contributed by atoms with van der Waals surface area (Å²) in [5.74, 6) is -0.507. The molecule has 0 aromatic heterocycles. The molecule has 0 spiro atoms. The molecule has 6 heteroatoms. The van der Waals surface area contributed by atoms with Gasteiger partial charge >= 0.3 is 0 Å². The summed E-state index contributed by atoms with van der Waals surface area (Å²) < 4.78 is 5.12. The number of carbonyl (C=O) groups is 2. The van der Waals surface area contributed by atoms with Crippen molar-refractivity contribution in [3.63, 3.8) is 0 Å². The number of nitrogens with one attached hydrogen (secondary N) is 1. The lowest BCUT2D eigenvalue weighted by atomic mass is 10.0. The van der Waals surface area contributed by atoms with E-state index in [9.17, 15) is 9.59 Å². The van der Waals surface area contributed by atoms with E-state index in [-0.39, 0.29) is 30.3 Å². The van der Waals surface area contributed by atoms with Crippen molar-refractivity contribution in [2.24, 2.45) is 11.7 Å². The lowest BCUT2D eigenvalue weighted by Gasteiger charge is -2.17. The first kappa shape index (κ1) is 12.3. The highest BCUT2D eigenvalue weighted by Gasteiger charge is 2.31. The SMILES string of the molecule is NC1COCC1C(=O)NCC(=O)N1CCCC1. The van der Waals surface area contributed by atoms with Crippen LogP contribution < -0.4 is 11.1 Å². The molecule has 2 fully saturated rings. The zero-order valence-corrected chi connectivity index (χ0v) is 9.85. The molecule has 96 valence electrons. The van der Waals surface area contributed by atoms with Crippen LogP contribution in [0, 0.1) is 5.92 Å². The Bertz CT molecular complexity index is 302. The molecule has 2 rings (SSSR count). The first-order valence-corrected chi connectivity index (χ1v) is 6.07. The van der Waals surface area contributed by atoms with Crippen molar-refractivity contribution in [1.82, 2.24) is 10.2 Å². The van der Waals surface area contributed by atoms with Gasteiger partial charge in [0.1, 0.15) is 0 Å². The zero-order valence-electron chi connectivity index (χ0n) is 9.85. The van der Waals surface area contributed by atoms with Crippen LogP contribution >= 0.6 is 0 Å². The van der Waals surface area contributed by atoms with Crippen molar-refractivity contribution >= 4 is 11.8 Å². The van der Waals surface area contributed by atoms with Crippen LogP contribution in [0.4, 0.5) is 0 Å². The predicted molar refractivity (Wildman–Crippen MR) is 61.1 cm³/mol. The summed E-state index contributed by atoms with van der Waals surface area (Å²) in [6.45, 7) is 2.45. The largest absolute Gasteiger partial charge is 0.379 e. The van der Waals surface area contributed by atoms with E-state index in [1.165, 1.54) is 0 Å². The van der Waals surface area contributed by atoms with Crippen LogP contribution in [0.3, 0.4) is 0 Å². The van der Waals surface area contributed by atoms with Gasteiger partial charge in [-0.05, 0) is 12.8 Å². The molecule has 17 heavy (non-hydrogen) atoms. The minimum absolute atomic E-state index is 0.0108. The number of hydrogen-bond donors (Lipinski definition) is 2. The van der Waals surface area contributed by atoms with Gasteiger partial charge in [0.2, 0.25) is 11.8 Å². The Hall–Kier alpha value is -1.14. The van der Waals surface area contributed by atoms with Gasteiger partial charge in [0.15, 0.2) is 0 Å². The number of nitrogens with two attached hydrogens (primary N) is 1. The molecule has 3 N–H and O–H groups in total. The van der Waals surface area contributed by atoms with Gasteiger partial charge in [-0.25, -0.2) is 0 Å². The van der Waals surface area contributed by atoms with Gasteiger partial charge in [0.05, 0.1) is 25.7 Å². The first-order valence-electron chi connectivity index (χ1n) is 6.07. The summed E-state index contributed by atoms with van der Waals surface area (Å²) in [5, 5.41) is 2.64. The second kappa shape index (κ2) is 5.46. The number of hydrogen-bond acceptors (Lipinski definition) is 4. The average molecular weight is 241 g/mol. The Labute approximate surface area is 100 Å². The molecule has 0 radical (unpaired) electrons. The average Bonchev–Trinajstić information content (AvgIpc) is 2.95. The van der Waals surface area contributed by atoms with Crippen molar-refractivity contribution < 1.29 is 14.3 Å². The maximum absolute atomic E-state index is 11.7. The van der Waals surface area contributed by atoms with Gasteiger partial charge in [0, 0.05) is 19.1 Å². The number of amides is 2. The summed E-state index contributed by atoms with van der Waals surface area (Å²) in [6.07, 6.45) is 2.11. The molecule has 6 nitrogen and oxygen atoms in total. The van der Waals surface area contributed by atoms with Gasteiger partial charge < -0.3 is 20.7 Å². The normalized spacial score (nSPS) is 28.4. The fraction of sp³-hybridized carbons (Fsp3) is 0.818. The first-order chi connectivity index (χ1) is 8.18. The summed E-state index contributed by atoms with van der Waals surface area (Å²) >= 11 is 0. The lowest BCUT2D eigenvalue weighted by molar-refractivity contribution is -0.133. The molecule has 2 aliphatic rings. The van der Waals surface area contributed by atoms with Crippen LogP contribution in [-0.2, 0) is 14.3 Å². The van der Waals surface area contributed by atoms with Crippen LogP contribution in [0.25, 0.3) is 0 Å². The van der Waals surface area contributed by atoms with Crippen molar-refractivity contribution in [1.29, 1.82) is 0 Å². The van der Waals surface area contributed by atoms with Crippen LogP contribution in [0.2, 0.25) is 0 Å². The second-order valence-electron chi connectivity index (χ2n) is 4.61. The minimum Gasteiger partial charge on any atom is -0.379 e. The Kier molecular flexibility index (Phi) is 3.96. The van der Waals surface area contributed by atoms with Gasteiger partial charge in [-0.15, -0.1) is 0 Å². The van der Waals surface area contributed by atoms with E-state index in [0.717, 1.165) is 25.9 Å². The third-order valence-electron chi connectivity index (χ3n) is 3.33. The van der Waals surface area contributed by atoms with E-state index in [4.69, 9.17) is 10.5 Å². The van der Waals surface area contributed by atoms with E-state index in [1.54, 1.807) is 4.90 Å². The van der Waals surface area contributed by atoms with Crippen LogP contribution in [0.1, 0.15) is 12.8 Å². The van der Waals surface area contributed by atoms with Crippen LogP contribution in [0.15, 0.2) is 0 Å². The molecule has 0 aromatic rings. The Morgan fingerprint density at radius 1 is 1.29 bits per heavy atom. The standard InChI is InChI=1S/C11H19N3O3/c12-9-7-17-6-8(9)11(16)13-5-10(15)14-3-1-2-4-14/h8-9H,1-7,12H2,(H,13,16). The van der Waals surface area contributed by atoms with Crippen molar-refractivity contribution in [3.05, 3.63) is 0 Å². The topological polar surface area (TPSA) is 84.7 Å². The molecule has 0 aliphatic carbocycles. The Morgan fingerprint density at radius 2 is 2.00 bits per heavy atom. The van der Waals surface area contributed by atoms with Crippen molar-refractivity contribution in [3.8, 4) is 0 Å².